The molecule has 7 heteroatoms. The van der Waals surface area contributed by atoms with Crippen LogP contribution in [0.3, 0.4) is 0 Å². The van der Waals surface area contributed by atoms with E-state index in [0.29, 0.717) is 5.69 Å². The van der Waals surface area contributed by atoms with Crippen LogP contribution in [0, 0.1) is 0 Å². The highest BCUT2D eigenvalue weighted by atomic mass is 32.2. The summed E-state index contributed by atoms with van der Waals surface area (Å²) < 4.78 is 22.2. The largest absolute Gasteiger partial charge is 0.330 e. The van der Waals surface area contributed by atoms with Crippen molar-refractivity contribution in [3.05, 3.63) is 18.3 Å². The van der Waals surface area contributed by atoms with Gasteiger partial charge in [-0.1, -0.05) is 0 Å². The number of rotatable bonds is 4. The third-order valence-corrected chi connectivity index (χ3v) is 2.77. The van der Waals surface area contributed by atoms with Gasteiger partial charge in [-0.05, 0) is 12.1 Å². The number of nitrogens with zero attached hydrogens (tertiary/aromatic N) is 1. The van der Waals surface area contributed by atoms with Gasteiger partial charge in [0.05, 0.1) is 11.9 Å². The van der Waals surface area contributed by atoms with Crippen LogP contribution in [0.2, 0.25) is 0 Å². The van der Waals surface area contributed by atoms with E-state index in [9.17, 15) is 13.2 Å². The second kappa shape index (κ2) is 5.04. The Hall–Kier alpha value is -1.47. The summed E-state index contributed by atoms with van der Waals surface area (Å²) in [5.74, 6) is -0.226. The van der Waals surface area contributed by atoms with Gasteiger partial charge >= 0.3 is 0 Å². The first-order valence-electron chi connectivity index (χ1n) is 4.59. The highest BCUT2D eigenvalue weighted by Gasteiger charge is 2.08. The van der Waals surface area contributed by atoms with E-state index in [4.69, 9.17) is 5.73 Å². The van der Waals surface area contributed by atoms with Crippen molar-refractivity contribution in [2.45, 2.75) is 11.4 Å². The van der Waals surface area contributed by atoms with Gasteiger partial charge in [-0.2, -0.15) is 0 Å². The molecule has 88 valence electrons. The van der Waals surface area contributed by atoms with Crippen molar-refractivity contribution in [1.29, 1.82) is 0 Å². The first-order chi connectivity index (χ1) is 7.43. The standard InChI is InChI=1S/C9H13N3O3S/c1-16(14,15)9-3-2-7(6-11-9)12-8(13)4-5-10/h2-3,6H,4-5,10H2,1H3,(H,12,13). The minimum Gasteiger partial charge on any atom is -0.330 e. The average molecular weight is 243 g/mol. The van der Waals surface area contributed by atoms with Crippen molar-refractivity contribution in [1.82, 2.24) is 4.98 Å². The van der Waals surface area contributed by atoms with Crippen LogP contribution in [-0.2, 0) is 14.6 Å². The van der Waals surface area contributed by atoms with Gasteiger partial charge in [0.1, 0.15) is 0 Å². The lowest BCUT2D eigenvalue weighted by molar-refractivity contribution is -0.116. The SMILES string of the molecule is CS(=O)(=O)c1ccc(NC(=O)CCN)cn1. The summed E-state index contributed by atoms with van der Waals surface area (Å²) in [5.41, 5.74) is 5.66. The highest BCUT2D eigenvalue weighted by molar-refractivity contribution is 7.90. The number of aromatic nitrogens is 1. The van der Waals surface area contributed by atoms with Gasteiger partial charge in [0, 0.05) is 19.2 Å². The van der Waals surface area contributed by atoms with Crippen LogP contribution in [0.15, 0.2) is 23.4 Å². The molecule has 1 aromatic rings. The molecular formula is C9H13N3O3S. The topological polar surface area (TPSA) is 102 Å². The lowest BCUT2D eigenvalue weighted by Gasteiger charge is -2.04. The number of sulfone groups is 1. The van der Waals surface area contributed by atoms with Crippen LogP contribution in [0.25, 0.3) is 0 Å². The Kier molecular flexibility index (Phi) is 3.97. The zero-order chi connectivity index (χ0) is 12.2. The van der Waals surface area contributed by atoms with E-state index in [-0.39, 0.29) is 23.9 Å². The second-order valence-electron chi connectivity index (χ2n) is 3.24. The molecular weight excluding hydrogens is 230 g/mol. The Morgan fingerprint density at radius 3 is 2.62 bits per heavy atom. The summed E-state index contributed by atoms with van der Waals surface area (Å²) in [6.07, 6.45) is 2.58. The Balaban J connectivity index is 2.76. The maximum atomic E-state index is 11.2. The van der Waals surface area contributed by atoms with E-state index in [1.807, 2.05) is 0 Å². The first kappa shape index (κ1) is 12.6. The molecule has 0 atom stereocenters. The molecule has 0 aromatic carbocycles. The first-order valence-corrected chi connectivity index (χ1v) is 6.48. The van der Waals surface area contributed by atoms with E-state index >= 15 is 0 Å². The molecule has 0 bridgehead atoms. The fraction of sp³-hybridized carbons (Fsp3) is 0.333. The van der Waals surface area contributed by atoms with Crippen LogP contribution in [0.5, 0.6) is 0 Å². The van der Waals surface area contributed by atoms with Crippen molar-refractivity contribution in [3.8, 4) is 0 Å². The van der Waals surface area contributed by atoms with E-state index in [2.05, 4.69) is 10.3 Å². The molecule has 1 aromatic heterocycles. The third kappa shape index (κ3) is 3.59. The molecule has 0 unspecified atom stereocenters. The maximum Gasteiger partial charge on any atom is 0.225 e. The molecule has 0 radical (unpaired) electrons. The number of carbonyl (C=O) groups is 1. The maximum absolute atomic E-state index is 11.2. The van der Waals surface area contributed by atoms with Crippen LogP contribution < -0.4 is 11.1 Å². The Bertz CT molecular complexity index is 467. The van der Waals surface area contributed by atoms with Crippen LogP contribution in [0.1, 0.15) is 6.42 Å². The summed E-state index contributed by atoms with van der Waals surface area (Å²) in [6.45, 7) is 0.265. The van der Waals surface area contributed by atoms with E-state index in [1.54, 1.807) is 0 Å². The van der Waals surface area contributed by atoms with Crippen molar-refractivity contribution >= 4 is 21.4 Å². The summed E-state index contributed by atoms with van der Waals surface area (Å²) >= 11 is 0. The average Bonchev–Trinajstić information content (AvgIpc) is 2.17. The zero-order valence-electron chi connectivity index (χ0n) is 8.80. The zero-order valence-corrected chi connectivity index (χ0v) is 9.62. The predicted octanol–water partition coefficient (Wildman–Crippen LogP) is -0.228. The number of amides is 1. The number of pyridine rings is 1. The van der Waals surface area contributed by atoms with Gasteiger partial charge < -0.3 is 11.1 Å². The summed E-state index contributed by atoms with van der Waals surface area (Å²) in [6, 6.07) is 2.82. The molecule has 6 nitrogen and oxygen atoms in total. The normalized spacial score (nSPS) is 11.1. The molecule has 1 heterocycles. The van der Waals surface area contributed by atoms with Crippen LogP contribution in [-0.4, -0.2) is 32.1 Å². The van der Waals surface area contributed by atoms with Crippen molar-refractivity contribution in [3.63, 3.8) is 0 Å². The molecule has 3 N–H and O–H groups in total. The predicted molar refractivity (Wildman–Crippen MR) is 59.6 cm³/mol. The minimum atomic E-state index is -3.30. The minimum absolute atomic E-state index is 0.0238. The van der Waals surface area contributed by atoms with Gasteiger partial charge in [-0.3, -0.25) is 4.79 Å². The smallest absolute Gasteiger partial charge is 0.225 e. The van der Waals surface area contributed by atoms with Crippen molar-refractivity contribution in [2.24, 2.45) is 5.73 Å². The lowest BCUT2D eigenvalue weighted by Crippen LogP contribution is -2.16. The lowest BCUT2D eigenvalue weighted by atomic mass is 10.3. The molecule has 0 fully saturated rings. The van der Waals surface area contributed by atoms with Crippen LogP contribution >= 0.6 is 0 Å². The molecule has 0 saturated heterocycles. The van der Waals surface area contributed by atoms with Crippen molar-refractivity contribution < 1.29 is 13.2 Å². The molecule has 1 amide bonds. The monoisotopic (exact) mass is 243 g/mol. The number of nitrogens with two attached hydrogens (primary N) is 1. The highest BCUT2D eigenvalue weighted by Crippen LogP contribution is 2.10. The second-order valence-corrected chi connectivity index (χ2v) is 5.21. The van der Waals surface area contributed by atoms with E-state index in [1.165, 1.54) is 18.3 Å². The molecule has 0 saturated carbocycles. The molecule has 1 rings (SSSR count). The van der Waals surface area contributed by atoms with Gasteiger partial charge in [0.25, 0.3) is 0 Å². The summed E-state index contributed by atoms with van der Waals surface area (Å²) in [7, 11) is -3.30. The van der Waals surface area contributed by atoms with Gasteiger partial charge in [0.2, 0.25) is 5.91 Å². The van der Waals surface area contributed by atoms with E-state index in [0.717, 1.165) is 6.26 Å². The number of carbonyl (C=O) groups excluding carboxylic acids is 1. The molecule has 0 spiro atoms. The fourth-order valence-corrected chi connectivity index (χ4v) is 1.59. The third-order valence-electron chi connectivity index (χ3n) is 1.77. The molecule has 0 aliphatic rings. The Labute approximate surface area is 93.8 Å². The van der Waals surface area contributed by atoms with Gasteiger partial charge in [-0.25, -0.2) is 13.4 Å². The summed E-state index contributed by atoms with van der Waals surface area (Å²) in [4.78, 5) is 14.9. The number of hydrogen-bond acceptors (Lipinski definition) is 5. The quantitative estimate of drug-likeness (QED) is 0.760. The fourth-order valence-electron chi connectivity index (χ4n) is 1.03. The van der Waals surface area contributed by atoms with Gasteiger partial charge in [0.15, 0.2) is 14.9 Å². The molecule has 0 aliphatic heterocycles. The van der Waals surface area contributed by atoms with Gasteiger partial charge in [-0.15, -0.1) is 0 Å². The number of anilines is 1. The molecule has 0 aliphatic carbocycles. The van der Waals surface area contributed by atoms with Crippen LogP contribution in [0.4, 0.5) is 5.69 Å². The molecule has 16 heavy (non-hydrogen) atoms. The number of hydrogen-bond donors (Lipinski definition) is 2. The Morgan fingerprint density at radius 2 is 2.19 bits per heavy atom. The summed E-state index contributed by atoms with van der Waals surface area (Å²) in [5, 5.41) is 2.52. The Morgan fingerprint density at radius 1 is 1.50 bits per heavy atom. The van der Waals surface area contributed by atoms with E-state index < -0.39 is 9.84 Å². The number of nitrogens with one attached hydrogen (secondary N) is 1. The van der Waals surface area contributed by atoms with Crippen molar-refractivity contribution in [2.75, 3.05) is 18.1 Å².